The van der Waals surface area contributed by atoms with Crippen molar-refractivity contribution in [3.63, 3.8) is 0 Å². The lowest BCUT2D eigenvalue weighted by Crippen LogP contribution is -2.38. The predicted molar refractivity (Wildman–Crippen MR) is 93.3 cm³/mol. The van der Waals surface area contributed by atoms with E-state index < -0.39 is 0 Å². The van der Waals surface area contributed by atoms with Crippen LogP contribution in [-0.2, 0) is 6.54 Å². The molecule has 2 aromatic heterocycles. The van der Waals surface area contributed by atoms with Crippen LogP contribution in [0.5, 0.6) is 0 Å². The molecule has 0 atom stereocenters. The summed E-state index contributed by atoms with van der Waals surface area (Å²) in [5, 5.41) is 3.97. The molecular formula is C17H18N4O2S. The Kier molecular flexibility index (Phi) is 4.02. The van der Waals surface area contributed by atoms with Crippen LogP contribution < -0.4 is 0 Å². The van der Waals surface area contributed by atoms with Crippen molar-refractivity contribution < 1.29 is 9.32 Å². The molecule has 0 radical (unpaired) electrons. The molecule has 4 rings (SSSR count). The number of carbonyl (C=O) groups excluding carboxylic acids is 1. The third kappa shape index (κ3) is 2.80. The smallest absolute Gasteiger partial charge is 0.276 e. The van der Waals surface area contributed by atoms with Crippen molar-refractivity contribution >= 4 is 28.7 Å². The second-order valence-corrected chi connectivity index (χ2v) is 7.04. The van der Waals surface area contributed by atoms with Gasteiger partial charge >= 0.3 is 0 Å². The van der Waals surface area contributed by atoms with E-state index in [1.54, 1.807) is 6.07 Å². The summed E-state index contributed by atoms with van der Waals surface area (Å²) in [7, 11) is 0. The molecule has 7 heteroatoms. The molecular weight excluding hydrogens is 324 g/mol. The molecule has 0 saturated carbocycles. The Bertz CT molecular complexity index is 880. The van der Waals surface area contributed by atoms with Crippen molar-refractivity contribution in [1.82, 2.24) is 19.6 Å². The Balaban J connectivity index is 1.56. The van der Waals surface area contributed by atoms with Gasteiger partial charge in [0, 0.05) is 30.7 Å². The van der Waals surface area contributed by atoms with E-state index in [0.717, 1.165) is 41.5 Å². The molecule has 1 amide bonds. The van der Waals surface area contributed by atoms with Gasteiger partial charge < -0.3 is 14.0 Å². The van der Waals surface area contributed by atoms with Gasteiger partial charge in [0.25, 0.3) is 5.91 Å². The average Bonchev–Trinajstić information content (AvgIpc) is 3.21. The summed E-state index contributed by atoms with van der Waals surface area (Å²) >= 11 is 1.87. The average molecular weight is 342 g/mol. The second kappa shape index (κ2) is 6.32. The molecule has 1 aromatic carbocycles. The van der Waals surface area contributed by atoms with Gasteiger partial charge in [-0.1, -0.05) is 17.3 Å². The molecule has 0 unspecified atom stereocenters. The first-order chi connectivity index (χ1) is 11.7. The number of carbonyl (C=O) groups is 1. The van der Waals surface area contributed by atoms with Gasteiger partial charge in [0.1, 0.15) is 5.82 Å². The molecule has 3 aromatic rings. The maximum Gasteiger partial charge on any atom is 0.276 e. The monoisotopic (exact) mass is 342 g/mol. The normalized spacial score (nSPS) is 15.1. The number of hydrogen-bond donors (Lipinski definition) is 0. The minimum Gasteiger partial charge on any atom is -0.359 e. The lowest BCUT2D eigenvalue weighted by molar-refractivity contribution is 0.0762. The number of rotatable bonds is 3. The lowest BCUT2D eigenvalue weighted by atomic mass is 10.3. The van der Waals surface area contributed by atoms with Crippen molar-refractivity contribution in [1.29, 1.82) is 0 Å². The molecule has 0 N–H and O–H groups in total. The number of aromatic nitrogens is 3. The predicted octanol–water partition coefficient (Wildman–Crippen LogP) is 2.57. The number of amides is 1. The van der Waals surface area contributed by atoms with E-state index in [0.29, 0.717) is 18.0 Å². The van der Waals surface area contributed by atoms with E-state index in [1.807, 2.05) is 47.9 Å². The van der Waals surface area contributed by atoms with Gasteiger partial charge in [-0.25, -0.2) is 4.98 Å². The minimum atomic E-state index is -0.0440. The maximum atomic E-state index is 12.5. The molecule has 0 aliphatic carbocycles. The molecule has 0 spiro atoms. The molecule has 1 saturated heterocycles. The summed E-state index contributed by atoms with van der Waals surface area (Å²) in [4.78, 5) is 18.9. The van der Waals surface area contributed by atoms with E-state index in [4.69, 9.17) is 4.52 Å². The number of hydrogen-bond acceptors (Lipinski definition) is 5. The quantitative estimate of drug-likeness (QED) is 0.732. The third-order valence-electron chi connectivity index (χ3n) is 4.24. The molecule has 1 fully saturated rings. The zero-order valence-electron chi connectivity index (χ0n) is 13.4. The molecule has 3 heterocycles. The number of fused-ring (bicyclic) bond motifs is 1. The Morgan fingerprint density at radius 1 is 1.29 bits per heavy atom. The Hall–Kier alpha value is -2.28. The lowest BCUT2D eigenvalue weighted by Gasteiger charge is -2.25. The Labute approximate surface area is 143 Å². The fraction of sp³-hybridized carbons (Fsp3) is 0.353. The number of benzene rings is 1. The van der Waals surface area contributed by atoms with Crippen LogP contribution in [0.2, 0.25) is 0 Å². The highest BCUT2D eigenvalue weighted by Gasteiger charge is 2.22. The zero-order valence-corrected chi connectivity index (χ0v) is 14.3. The number of imidazole rings is 1. The number of aryl methyl sites for hydroxylation is 1. The summed E-state index contributed by atoms with van der Waals surface area (Å²) in [5.41, 5.74) is 2.39. The topological polar surface area (TPSA) is 64.2 Å². The van der Waals surface area contributed by atoms with Gasteiger partial charge in [-0.2, -0.15) is 11.8 Å². The highest BCUT2D eigenvalue weighted by atomic mass is 32.2. The van der Waals surface area contributed by atoms with Crippen molar-refractivity contribution in [2.75, 3.05) is 24.6 Å². The third-order valence-corrected chi connectivity index (χ3v) is 5.18. The summed E-state index contributed by atoms with van der Waals surface area (Å²) in [6, 6.07) is 9.73. The summed E-state index contributed by atoms with van der Waals surface area (Å²) in [6.45, 7) is 4.03. The molecule has 24 heavy (non-hydrogen) atoms. The van der Waals surface area contributed by atoms with E-state index in [2.05, 4.69) is 14.7 Å². The Morgan fingerprint density at radius 3 is 2.92 bits per heavy atom. The Morgan fingerprint density at radius 2 is 2.08 bits per heavy atom. The van der Waals surface area contributed by atoms with Crippen LogP contribution in [0.15, 0.2) is 34.9 Å². The molecule has 0 bridgehead atoms. The minimum absolute atomic E-state index is 0.0440. The SMILES string of the molecule is Cc1nc2ccccc2n1Cc1cc(C(=O)N2CCSCC2)no1. The van der Waals surface area contributed by atoms with Crippen LogP contribution in [-0.4, -0.2) is 50.1 Å². The van der Waals surface area contributed by atoms with Gasteiger partial charge in [-0.3, -0.25) is 4.79 Å². The van der Waals surface area contributed by atoms with Crippen LogP contribution >= 0.6 is 11.8 Å². The van der Waals surface area contributed by atoms with E-state index in [-0.39, 0.29) is 5.91 Å². The van der Waals surface area contributed by atoms with Crippen LogP contribution in [0, 0.1) is 6.92 Å². The van der Waals surface area contributed by atoms with Gasteiger partial charge in [0.2, 0.25) is 0 Å². The molecule has 1 aliphatic rings. The van der Waals surface area contributed by atoms with Gasteiger partial charge in [0.05, 0.1) is 17.6 Å². The van der Waals surface area contributed by atoms with E-state index in [9.17, 15) is 4.79 Å². The second-order valence-electron chi connectivity index (χ2n) is 5.82. The van der Waals surface area contributed by atoms with Gasteiger partial charge in [-0.05, 0) is 19.1 Å². The molecule has 1 aliphatic heterocycles. The number of thioether (sulfide) groups is 1. The molecule has 124 valence electrons. The number of nitrogens with zero attached hydrogens (tertiary/aromatic N) is 4. The maximum absolute atomic E-state index is 12.5. The van der Waals surface area contributed by atoms with E-state index >= 15 is 0 Å². The number of para-hydroxylation sites is 2. The van der Waals surface area contributed by atoms with Crippen LogP contribution in [0.25, 0.3) is 11.0 Å². The standard InChI is InChI=1S/C17H18N4O2S/c1-12-18-14-4-2-3-5-16(14)21(12)11-13-10-15(19-23-13)17(22)20-6-8-24-9-7-20/h2-5,10H,6-9,11H2,1H3. The zero-order chi connectivity index (χ0) is 16.5. The fourth-order valence-electron chi connectivity index (χ4n) is 2.97. The summed E-state index contributed by atoms with van der Waals surface area (Å²) in [6.07, 6.45) is 0. The van der Waals surface area contributed by atoms with Crippen LogP contribution in [0.1, 0.15) is 22.1 Å². The largest absolute Gasteiger partial charge is 0.359 e. The van der Waals surface area contributed by atoms with Crippen LogP contribution in [0.4, 0.5) is 0 Å². The van der Waals surface area contributed by atoms with E-state index in [1.165, 1.54) is 0 Å². The van der Waals surface area contributed by atoms with Crippen LogP contribution in [0.3, 0.4) is 0 Å². The van der Waals surface area contributed by atoms with Crippen molar-refractivity contribution in [2.24, 2.45) is 0 Å². The van der Waals surface area contributed by atoms with Crippen molar-refractivity contribution in [2.45, 2.75) is 13.5 Å². The summed E-state index contributed by atoms with van der Waals surface area (Å²) < 4.78 is 7.47. The highest BCUT2D eigenvalue weighted by molar-refractivity contribution is 7.99. The summed E-state index contributed by atoms with van der Waals surface area (Å²) in [5.74, 6) is 3.50. The van der Waals surface area contributed by atoms with Gasteiger partial charge in [0.15, 0.2) is 11.5 Å². The fourth-order valence-corrected chi connectivity index (χ4v) is 3.87. The first-order valence-electron chi connectivity index (χ1n) is 7.97. The van der Waals surface area contributed by atoms with Gasteiger partial charge in [-0.15, -0.1) is 0 Å². The van der Waals surface area contributed by atoms with Crippen molar-refractivity contribution in [3.05, 3.63) is 47.6 Å². The molecule has 6 nitrogen and oxygen atoms in total. The highest BCUT2D eigenvalue weighted by Crippen LogP contribution is 2.19. The first kappa shape index (κ1) is 15.3. The van der Waals surface area contributed by atoms with Crippen molar-refractivity contribution in [3.8, 4) is 0 Å². The first-order valence-corrected chi connectivity index (χ1v) is 9.12.